The Hall–Kier alpha value is -4.59. The van der Waals surface area contributed by atoms with Crippen molar-refractivity contribution in [2.45, 2.75) is 16.5 Å². The van der Waals surface area contributed by atoms with E-state index in [1.54, 1.807) is 6.07 Å². The van der Waals surface area contributed by atoms with Crippen LogP contribution in [0.1, 0.15) is 0 Å². The molecule has 3 heterocycles. The van der Waals surface area contributed by atoms with E-state index in [9.17, 15) is 32.8 Å². The number of aromatic nitrogens is 4. The lowest BCUT2D eigenvalue weighted by molar-refractivity contribution is -0.832. The molecule has 0 amide bonds. The molecule has 5 aromatic rings. The molecule has 0 saturated carbocycles. The van der Waals surface area contributed by atoms with Crippen molar-refractivity contribution in [3.05, 3.63) is 89.1 Å². The number of benzene rings is 2. The Labute approximate surface area is 187 Å². The van der Waals surface area contributed by atoms with Gasteiger partial charge in [0.25, 0.3) is 32.1 Å². The van der Waals surface area contributed by atoms with Gasteiger partial charge in [-0.05, 0) is 29.2 Å². The first-order valence-electron chi connectivity index (χ1n) is 9.62. The zero-order valence-electron chi connectivity index (χ0n) is 16.9. The van der Waals surface area contributed by atoms with Crippen LogP contribution in [-0.4, -0.2) is 29.7 Å². The monoisotopic (exact) mass is 484 g/mol. The first-order valence-corrected chi connectivity index (χ1v) is 11.1. The van der Waals surface area contributed by atoms with E-state index in [0.29, 0.717) is 0 Å². The van der Waals surface area contributed by atoms with E-state index in [4.69, 9.17) is 4.74 Å². The molecular formula is C20H12N4O9S. The van der Waals surface area contributed by atoms with Gasteiger partial charge in [0.1, 0.15) is 6.61 Å². The highest BCUT2D eigenvalue weighted by atomic mass is 32.2. The van der Waals surface area contributed by atoms with Gasteiger partial charge in [0.15, 0.2) is 0 Å². The molecule has 2 aromatic carbocycles. The molecule has 0 aliphatic carbocycles. The molecule has 0 radical (unpaired) electrons. The number of nitrogens with zero attached hydrogens (tertiary/aromatic N) is 3. The number of ether oxygens (including phenoxy) is 1. The number of rotatable bonds is 6. The quantitative estimate of drug-likeness (QED) is 0.292. The first-order chi connectivity index (χ1) is 16.2. The zero-order valence-corrected chi connectivity index (χ0v) is 17.7. The molecule has 34 heavy (non-hydrogen) atoms. The van der Waals surface area contributed by atoms with Crippen LogP contribution in [0.3, 0.4) is 0 Å². The van der Waals surface area contributed by atoms with Crippen LogP contribution in [-0.2, 0) is 16.4 Å². The normalized spacial score (nSPS) is 12.0. The van der Waals surface area contributed by atoms with Crippen LogP contribution in [0.2, 0.25) is 0 Å². The average molecular weight is 484 g/mol. The van der Waals surface area contributed by atoms with Crippen LogP contribution in [0.5, 0.6) is 5.88 Å². The van der Waals surface area contributed by atoms with Crippen molar-refractivity contribution < 1.29 is 22.7 Å². The third-order valence-electron chi connectivity index (χ3n) is 5.23. The Kier molecular flexibility index (Phi) is 4.68. The third kappa shape index (κ3) is 3.11. The molecule has 172 valence electrons. The van der Waals surface area contributed by atoms with Gasteiger partial charge in [-0.3, -0.25) is 33.4 Å². The molecule has 0 aliphatic heterocycles. The van der Waals surface area contributed by atoms with E-state index >= 15 is 0 Å². The van der Waals surface area contributed by atoms with Crippen molar-refractivity contribution in [3.63, 3.8) is 0 Å². The average Bonchev–Trinajstić information content (AvgIpc) is 3.41. The van der Waals surface area contributed by atoms with Gasteiger partial charge in [-0.2, -0.15) is 0 Å². The zero-order chi connectivity index (χ0) is 24.2. The van der Waals surface area contributed by atoms with E-state index < -0.39 is 49.6 Å². The summed E-state index contributed by atoms with van der Waals surface area (Å²) in [6.45, 7) is -0.762. The van der Waals surface area contributed by atoms with Crippen molar-refractivity contribution in [3.8, 4) is 5.88 Å². The first kappa shape index (κ1) is 21.3. The van der Waals surface area contributed by atoms with Gasteiger partial charge in [0.2, 0.25) is 0 Å². The maximum Gasteiger partial charge on any atom is 0.415 e. The van der Waals surface area contributed by atoms with Gasteiger partial charge in [0, 0.05) is 0 Å². The van der Waals surface area contributed by atoms with Crippen molar-refractivity contribution in [2.24, 2.45) is 0 Å². The van der Waals surface area contributed by atoms with Crippen LogP contribution in [0.15, 0.2) is 76.2 Å². The van der Waals surface area contributed by atoms with Crippen molar-refractivity contribution in [1.29, 1.82) is 0 Å². The minimum absolute atomic E-state index is 0.0126. The van der Waals surface area contributed by atoms with E-state index in [1.165, 1.54) is 36.4 Å². The van der Waals surface area contributed by atoms with E-state index in [1.807, 2.05) is 0 Å². The lowest BCUT2D eigenvalue weighted by Crippen LogP contribution is -2.31. The summed E-state index contributed by atoms with van der Waals surface area (Å²) < 4.78 is 36.0. The number of H-pyrrole nitrogens is 1. The maximum absolute atomic E-state index is 12.8. The molecule has 0 spiro atoms. The smallest absolute Gasteiger partial charge is 0.415 e. The standard InChI is InChI=1S/C20H12N4O9S/c25-15-11-8-13-14(9-12(11)16(26)21-15)19(28)23(18(13)27)6-7-32-17-20(24(29)33-22-17)34(30,31)10-4-2-1-3-5-10/h1-5,8-9H,6-7H2,(H,21,25,26). The van der Waals surface area contributed by atoms with Crippen LogP contribution < -0.4 is 31.9 Å². The Morgan fingerprint density at radius 2 is 1.56 bits per heavy atom. The summed E-state index contributed by atoms with van der Waals surface area (Å²) in [5.41, 5.74) is -2.80. The fraction of sp³-hybridized carbons (Fsp3) is 0.100. The maximum atomic E-state index is 12.8. The van der Waals surface area contributed by atoms with Crippen LogP contribution in [0.4, 0.5) is 0 Å². The molecule has 0 bridgehead atoms. The number of sulfone groups is 1. The summed E-state index contributed by atoms with van der Waals surface area (Å²) in [7, 11) is -4.34. The molecule has 14 heteroatoms. The lowest BCUT2D eigenvalue weighted by Gasteiger charge is -2.03. The summed E-state index contributed by atoms with van der Waals surface area (Å²) in [5, 5.41) is 14.2. The van der Waals surface area contributed by atoms with Crippen molar-refractivity contribution in [1.82, 2.24) is 14.7 Å². The highest BCUT2D eigenvalue weighted by Crippen LogP contribution is 2.24. The summed E-state index contributed by atoms with van der Waals surface area (Å²) in [6, 6.07) is 9.41. The van der Waals surface area contributed by atoms with Gasteiger partial charge in [-0.15, -0.1) is 0 Å². The molecule has 0 saturated heterocycles. The van der Waals surface area contributed by atoms with E-state index in [-0.39, 0.29) is 37.9 Å². The number of aromatic amines is 1. The van der Waals surface area contributed by atoms with Crippen LogP contribution in [0.25, 0.3) is 21.5 Å². The Morgan fingerprint density at radius 1 is 0.971 bits per heavy atom. The van der Waals surface area contributed by atoms with Crippen molar-refractivity contribution >= 4 is 31.4 Å². The number of hydrogen-bond acceptors (Lipinski definition) is 10. The summed E-state index contributed by atoms with van der Waals surface area (Å²) in [4.78, 5) is 50.7. The summed E-state index contributed by atoms with van der Waals surface area (Å²) >= 11 is 0. The lowest BCUT2D eigenvalue weighted by atomic mass is 10.1. The fourth-order valence-corrected chi connectivity index (χ4v) is 4.92. The van der Waals surface area contributed by atoms with Gasteiger partial charge in [-0.25, -0.2) is 8.42 Å². The molecule has 0 aliphatic rings. The van der Waals surface area contributed by atoms with Crippen molar-refractivity contribution in [2.75, 3.05) is 6.61 Å². The highest BCUT2D eigenvalue weighted by molar-refractivity contribution is 7.91. The highest BCUT2D eigenvalue weighted by Gasteiger charge is 2.35. The number of fused-ring (bicyclic) bond motifs is 2. The predicted octanol–water partition coefficient (Wildman–Crippen LogP) is -1.03. The second-order valence-electron chi connectivity index (χ2n) is 7.19. The van der Waals surface area contributed by atoms with Gasteiger partial charge in [-0.1, -0.05) is 18.2 Å². The minimum Gasteiger partial charge on any atom is -0.453 e. The molecule has 0 unspecified atom stereocenters. The molecule has 0 fully saturated rings. The molecular weight excluding hydrogens is 472 g/mol. The third-order valence-corrected chi connectivity index (χ3v) is 6.96. The van der Waals surface area contributed by atoms with E-state index in [0.717, 1.165) is 4.57 Å². The molecule has 13 nitrogen and oxygen atoms in total. The second kappa shape index (κ2) is 7.48. The molecule has 3 aromatic heterocycles. The van der Waals surface area contributed by atoms with Crippen LogP contribution >= 0.6 is 0 Å². The van der Waals surface area contributed by atoms with E-state index in [2.05, 4.69) is 14.8 Å². The van der Waals surface area contributed by atoms with Crippen LogP contribution in [0, 0.1) is 5.21 Å². The SMILES string of the molecule is O=c1[nH]c(=O)c2cc3c(=O)n(CCOc4no[n+]([O-])c4S(=O)(=O)c4ccccc4)c(=O)c3cc12. The van der Waals surface area contributed by atoms with Gasteiger partial charge >= 0.3 is 10.9 Å². The topological polar surface area (TPSA) is 185 Å². The minimum atomic E-state index is -4.34. The summed E-state index contributed by atoms with van der Waals surface area (Å²) in [5.74, 6) is -0.642. The Balaban J connectivity index is 1.46. The summed E-state index contributed by atoms with van der Waals surface area (Å²) in [6.07, 6.45) is 0. The molecule has 0 atom stereocenters. The Bertz CT molecular complexity index is 1820. The Morgan fingerprint density at radius 3 is 2.15 bits per heavy atom. The molecule has 1 N–H and O–H groups in total. The fourth-order valence-electron chi connectivity index (χ4n) is 3.63. The number of hydrogen-bond donors (Lipinski definition) is 1. The van der Waals surface area contributed by atoms with Gasteiger partial charge < -0.3 is 9.94 Å². The van der Waals surface area contributed by atoms with Gasteiger partial charge in [0.05, 0.1) is 38.1 Å². The number of nitrogens with one attached hydrogen (secondary N) is 1. The second-order valence-corrected chi connectivity index (χ2v) is 9.06. The molecule has 5 rings (SSSR count). The largest absolute Gasteiger partial charge is 0.453 e. The predicted molar refractivity (Wildman–Crippen MR) is 114 cm³/mol.